The molecule has 2 heterocycles. The van der Waals surface area contributed by atoms with Crippen LogP contribution in [-0.2, 0) is 4.74 Å². The molecule has 106 valence electrons. The van der Waals surface area contributed by atoms with Crippen LogP contribution in [0.4, 0.5) is 5.69 Å². The number of amides is 1. The number of hydrogen-bond acceptors (Lipinski definition) is 5. The SMILES string of the molecule is CCOC(=O)c1c(NC(=O)c2scnc2C)c[nH]c1C. The molecule has 7 heteroatoms. The fourth-order valence-electron chi connectivity index (χ4n) is 1.79. The highest BCUT2D eigenvalue weighted by Gasteiger charge is 2.20. The van der Waals surface area contributed by atoms with Gasteiger partial charge in [0.05, 0.1) is 23.5 Å². The first-order valence-electron chi connectivity index (χ1n) is 6.11. The van der Waals surface area contributed by atoms with Crippen LogP contribution in [0.5, 0.6) is 0 Å². The number of nitrogens with zero attached hydrogens (tertiary/aromatic N) is 1. The van der Waals surface area contributed by atoms with Crippen molar-refractivity contribution in [3.63, 3.8) is 0 Å². The van der Waals surface area contributed by atoms with Crippen molar-refractivity contribution in [3.05, 3.63) is 33.5 Å². The fourth-order valence-corrected chi connectivity index (χ4v) is 2.49. The highest BCUT2D eigenvalue weighted by Crippen LogP contribution is 2.22. The number of nitrogens with one attached hydrogen (secondary N) is 2. The van der Waals surface area contributed by atoms with E-state index in [9.17, 15) is 9.59 Å². The number of aryl methyl sites for hydroxylation is 2. The summed E-state index contributed by atoms with van der Waals surface area (Å²) in [6, 6.07) is 0. The second-order valence-electron chi connectivity index (χ2n) is 4.14. The molecule has 2 N–H and O–H groups in total. The first kappa shape index (κ1) is 14.3. The Morgan fingerprint density at radius 2 is 2.20 bits per heavy atom. The monoisotopic (exact) mass is 293 g/mol. The van der Waals surface area contributed by atoms with E-state index in [-0.39, 0.29) is 12.5 Å². The molecular weight excluding hydrogens is 278 g/mol. The third kappa shape index (κ3) is 2.72. The predicted octanol–water partition coefficient (Wildman–Crippen LogP) is 2.52. The Hall–Kier alpha value is -2.15. The van der Waals surface area contributed by atoms with E-state index in [0.717, 1.165) is 0 Å². The maximum absolute atomic E-state index is 12.1. The average molecular weight is 293 g/mol. The summed E-state index contributed by atoms with van der Waals surface area (Å²) in [5, 5.41) is 2.71. The Bertz CT molecular complexity index is 645. The molecule has 0 saturated carbocycles. The number of aromatic nitrogens is 2. The molecule has 0 radical (unpaired) electrons. The van der Waals surface area contributed by atoms with Crippen molar-refractivity contribution in [2.45, 2.75) is 20.8 Å². The smallest absolute Gasteiger partial charge is 0.342 e. The van der Waals surface area contributed by atoms with Crippen LogP contribution < -0.4 is 5.32 Å². The van der Waals surface area contributed by atoms with Gasteiger partial charge in [-0.15, -0.1) is 11.3 Å². The van der Waals surface area contributed by atoms with E-state index in [1.807, 2.05) is 0 Å². The molecule has 6 nitrogen and oxygen atoms in total. The van der Waals surface area contributed by atoms with Crippen molar-refractivity contribution in [1.82, 2.24) is 9.97 Å². The number of carbonyl (C=O) groups excluding carboxylic acids is 2. The van der Waals surface area contributed by atoms with E-state index in [1.165, 1.54) is 11.3 Å². The lowest BCUT2D eigenvalue weighted by molar-refractivity contribution is 0.0527. The minimum absolute atomic E-state index is 0.283. The van der Waals surface area contributed by atoms with E-state index in [0.29, 0.717) is 27.5 Å². The molecule has 0 fully saturated rings. The minimum atomic E-state index is -0.456. The number of carbonyl (C=O) groups is 2. The number of hydrogen-bond donors (Lipinski definition) is 2. The van der Waals surface area contributed by atoms with Gasteiger partial charge in [-0.1, -0.05) is 0 Å². The summed E-state index contributed by atoms with van der Waals surface area (Å²) in [6.07, 6.45) is 1.58. The van der Waals surface area contributed by atoms with E-state index in [1.54, 1.807) is 32.5 Å². The second kappa shape index (κ2) is 5.87. The summed E-state index contributed by atoms with van der Waals surface area (Å²) in [6.45, 7) is 5.53. The van der Waals surface area contributed by atoms with Crippen LogP contribution in [0.3, 0.4) is 0 Å². The summed E-state index contributed by atoms with van der Waals surface area (Å²) in [7, 11) is 0. The molecule has 0 aliphatic rings. The van der Waals surface area contributed by atoms with Gasteiger partial charge in [0.25, 0.3) is 5.91 Å². The lowest BCUT2D eigenvalue weighted by Crippen LogP contribution is -2.15. The summed E-state index contributed by atoms with van der Waals surface area (Å²) in [5.74, 6) is -0.739. The number of thiazole rings is 1. The van der Waals surface area contributed by atoms with Crippen molar-refractivity contribution >= 4 is 28.9 Å². The van der Waals surface area contributed by atoms with E-state index in [2.05, 4.69) is 15.3 Å². The topological polar surface area (TPSA) is 84.1 Å². The number of esters is 1. The van der Waals surface area contributed by atoms with Gasteiger partial charge in [0.15, 0.2) is 0 Å². The molecule has 0 aliphatic heterocycles. The molecule has 20 heavy (non-hydrogen) atoms. The van der Waals surface area contributed by atoms with Gasteiger partial charge in [0, 0.05) is 11.9 Å². The lowest BCUT2D eigenvalue weighted by Gasteiger charge is -2.06. The maximum Gasteiger partial charge on any atom is 0.342 e. The molecule has 0 saturated heterocycles. The minimum Gasteiger partial charge on any atom is -0.462 e. The van der Waals surface area contributed by atoms with Gasteiger partial charge in [0.2, 0.25) is 0 Å². The molecule has 0 atom stereocenters. The summed E-state index contributed by atoms with van der Waals surface area (Å²) in [4.78, 5) is 31.5. The van der Waals surface area contributed by atoms with Crippen molar-refractivity contribution in [2.75, 3.05) is 11.9 Å². The quantitative estimate of drug-likeness (QED) is 0.848. The van der Waals surface area contributed by atoms with Crippen LogP contribution >= 0.6 is 11.3 Å². The summed E-state index contributed by atoms with van der Waals surface area (Å²) >= 11 is 1.26. The summed E-state index contributed by atoms with van der Waals surface area (Å²) in [5.41, 5.74) is 3.69. The average Bonchev–Trinajstić information content (AvgIpc) is 2.96. The van der Waals surface area contributed by atoms with Crippen molar-refractivity contribution in [3.8, 4) is 0 Å². The highest BCUT2D eigenvalue weighted by molar-refractivity contribution is 7.12. The van der Waals surface area contributed by atoms with Crippen LogP contribution in [0.25, 0.3) is 0 Å². The third-order valence-electron chi connectivity index (χ3n) is 2.76. The fraction of sp³-hybridized carbons (Fsp3) is 0.308. The molecule has 0 spiro atoms. The van der Waals surface area contributed by atoms with E-state index in [4.69, 9.17) is 4.74 Å². The zero-order valence-electron chi connectivity index (χ0n) is 11.4. The lowest BCUT2D eigenvalue weighted by atomic mass is 10.2. The number of ether oxygens (including phenoxy) is 1. The normalized spacial score (nSPS) is 10.3. The zero-order chi connectivity index (χ0) is 14.7. The first-order chi connectivity index (χ1) is 9.54. The van der Waals surface area contributed by atoms with Crippen molar-refractivity contribution in [2.24, 2.45) is 0 Å². The molecule has 2 rings (SSSR count). The zero-order valence-corrected chi connectivity index (χ0v) is 12.3. The Morgan fingerprint density at radius 1 is 1.45 bits per heavy atom. The Morgan fingerprint density at radius 3 is 2.80 bits per heavy atom. The third-order valence-corrected chi connectivity index (χ3v) is 3.68. The molecule has 0 aliphatic carbocycles. The van der Waals surface area contributed by atoms with Gasteiger partial charge < -0.3 is 15.0 Å². The van der Waals surface area contributed by atoms with Gasteiger partial charge in [-0.3, -0.25) is 4.79 Å². The van der Waals surface area contributed by atoms with Gasteiger partial charge in [-0.05, 0) is 20.8 Å². The number of rotatable bonds is 4. The van der Waals surface area contributed by atoms with Crippen LogP contribution in [0.2, 0.25) is 0 Å². The first-order valence-corrected chi connectivity index (χ1v) is 6.99. The number of anilines is 1. The molecule has 2 aromatic rings. The Balaban J connectivity index is 2.24. The van der Waals surface area contributed by atoms with Crippen LogP contribution in [0.15, 0.2) is 11.7 Å². The largest absolute Gasteiger partial charge is 0.462 e. The second-order valence-corrected chi connectivity index (χ2v) is 5.00. The van der Waals surface area contributed by atoms with Gasteiger partial charge >= 0.3 is 5.97 Å². The molecule has 0 unspecified atom stereocenters. The molecule has 0 aromatic carbocycles. The number of H-pyrrole nitrogens is 1. The van der Waals surface area contributed by atoms with Gasteiger partial charge in [-0.25, -0.2) is 9.78 Å². The van der Waals surface area contributed by atoms with Crippen LogP contribution in [0, 0.1) is 13.8 Å². The van der Waals surface area contributed by atoms with E-state index >= 15 is 0 Å². The highest BCUT2D eigenvalue weighted by atomic mass is 32.1. The molecular formula is C13H15N3O3S. The molecule has 0 bridgehead atoms. The van der Waals surface area contributed by atoms with Crippen molar-refractivity contribution < 1.29 is 14.3 Å². The number of aromatic amines is 1. The Labute approximate surface area is 120 Å². The standard InChI is InChI=1S/C13H15N3O3S/c1-4-19-13(18)10-7(2)14-5-9(10)16-12(17)11-8(3)15-6-20-11/h5-6,14H,4H2,1-3H3,(H,16,17). The van der Waals surface area contributed by atoms with Crippen molar-refractivity contribution in [1.29, 1.82) is 0 Å². The maximum atomic E-state index is 12.1. The van der Waals surface area contributed by atoms with Crippen LogP contribution in [0.1, 0.15) is 38.3 Å². The van der Waals surface area contributed by atoms with Crippen LogP contribution in [-0.4, -0.2) is 28.5 Å². The van der Waals surface area contributed by atoms with Gasteiger partial charge in [0.1, 0.15) is 10.4 Å². The van der Waals surface area contributed by atoms with Gasteiger partial charge in [-0.2, -0.15) is 0 Å². The predicted molar refractivity (Wildman–Crippen MR) is 76.3 cm³/mol. The molecule has 1 amide bonds. The van der Waals surface area contributed by atoms with E-state index < -0.39 is 5.97 Å². The summed E-state index contributed by atoms with van der Waals surface area (Å²) < 4.78 is 4.98. The molecule has 2 aromatic heterocycles. The Kier molecular flexibility index (Phi) is 4.19.